The summed E-state index contributed by atoms with van der Waals surface area (Å²) in [5.74, 6) is 0.834. The van der Waals surface area contributed by atoms with Gasteiger partial charge >= 0.3 is 0 Å². The number of nitrogens with zero attached hydrogens (tertiary/aromatic N) is 1. The highest BCUT2D eigenvalue weighted by Crippen LogP contribution is 2.12. The predicted molar refractivity (Wildman–Crippen MR) is 64.7 cm³/mol. The van der Waals surface area contributed by atoms with Gasteiger partial charge in [0.05, 0.1) is 6.20 Å². The van der Waals surface area contributed by atoms with Crippen molar-refractivity contribution < 1.29 is 4.74 Å². The van der Waals surface area contributed by atoms with Gasteiger partial charge in [-0.2, -0.15) is 0 Å². The Morgan fingerprint density at radius 1 is 1.25 bits per heavy atom. The molecular formula is C13H14N2O. The molecule has 2 rings (SSSR count). The zero-order valence-corrected chi connectivity index (χ0v) is 8.97. The molecular weight excluding hydrogens is 200 g/mol. The van der Waals surface area contributed by atoms with E-state index in [4.69, 9.17) is 10.5 Å². The molecule has 2 N–H and O–H groups in total. The van der Waals surface area contributed by atoms with Gasteiger partial charge in [-0.3, -0.25) is 4.99 Å². The van der Waals surface area contributed by atoms with Gasteiger partial charge in [-0.15, -0.1) is 0 Å². The van der Waals surface area contributed by atoms with Crippen LogP contribution in [0.15, 0.2) is 59.1 Å². The second-order valence-electron chi connectivity index (χ2n) is 3.56. The van der Waals surface area contributed by atoms with Gasteiger partial charge in [0.25, 0.3) is 0 Å². The molecule has 1 aromatic rings. The summed E-state index contributed by atoms with van der Waals surface area (Å²) in [5.41, 5.74) is 7.45. The highest BCUT2D eigenvalue weighted by molar-refractivity contribution is 5.78. The maximum absolute atomic E-state index is 5.64. The Morgan fingerprint density at radius 3 is 2.88 bits per heavy atom. The first-order valence-corrected chi connectivity index (χ1v) is 5.19. The number of hydrogen-bond acceptors (Lipinski definition) is 3. The highest BCUT2D eigenvalue weighted by atomic mass is 16.5. The van der Waals surface area contributed by atoms with Crippen LogP contribution in [0.25, 0.3) is 0 Å². The van der Waals surface area contributed by atoms with Crippen LogP contribution >= 0.6 is 0 Å². The van der Waals surface area contributed by atoms with E-state index in [1.54, 1.807) is 12.4 Å². The minimum atomic E-state index is 0.565. The van der Waals surface area contributed by atoms with Crippen molar-refractivity contribution in [3.05, 3.63) is 59.6 Å². The molecule has 0 amide bonds. The molecule has 0 saturated carbocycles. The van der Waals surface area contributed by atoms with Gasteiger partial charge in [0.2, 0.25) is 0 Å². The fraction of sp³-hybridized carbons (Fsp3) is 0.154. The van der Waals surface area contributed by atoms with Crippen molar-refractivity contribution in [2.75, 3.05) is 0 Å². The second-order valence-corrected chi connectivity index (χ2v) is 3.56. The Labute approximate surface area is 94.9 Å². The Bertz CT molecular complexity index is 430. The minimum Gasteiger partial charge on any atom is -0.491 e. The number of aliphatic imine (C=N–C) groups is 1. The largest absolute Gasteiger partial charge is 0.491 e. The monoisotopic (exact) mass is 214 g/mol. The van der Waals surface area contributed by atoms with Gasteiger partial charge < -0.3 is 10.5 Å². The summed E-state index contributed by atoms with van der Waals surface area (Å²) in [6, 6.07) is 10.0. The fourth-order valence-electron chi connectivity index (χ4n) is 1.38. The summed E-state index contributed by atoms with van der Waals surface area (Å²) >= 11 is 0. The standard InChI is InChI=1S/C13H14N2O/c14-12-6-7-13(9-15-8-12)16-10-11-4-2-1-3-5-11/h1-6,8-9H,7,10,14H2. The molecule has 1 aliphatic heterocycles. The van der Waals surface area contributed by atoms with Crippen molar-refractivity contribution in [2.24, 2.45) is 10.7 Å². The Morgan fingerprint density at radius 2 is 2.06 bits per heavy atom. The lowest BCUT2D eigenvalue weighted by Crippen LogP contribution is -1.97. The van der Waals surface area contributed by atoms with Gasteiger partial charge in [-0.05, 0) is 5.56 Å². The highest BCUT2D eigenvalue weighted by Gasteiger charge is 2.00. The van der Waals surface area contributed by atoms with E-state index in [0.717, 1.165) is 11.3 Å². The normalized spacial score (nSPS) is 15.0. The summed E-state index contributed by atoms with van der Waals surface area (Å²) < 4.78 is 5.64. The van der Waals surface area contributed by atoms with Gasteiger partial charge in [-0.1, -0.05) is 36.4 Å². The Hall–Kier alpha value is -2.03. The molecule has 0 radical (unpaired) electrons. The van der Waals surface area contributed by atoms with Gasteiger partial charge in [-0.25, -0.2) is 0 Å². The molecule has 3 heteroatoms. The second kappa shape index (κ2) is 5.16. The third-order valence-electron chi connectivity index (χ3n) is 2.25. The first-order chi connectivity index (χ1) is 7.84. The zero-order chi connectivity index (χ0) is 11.2. The van der Waals surface area contributed by atoms with Crippen LogP contribution in [0, 0.1) is 0 Å². The lowest BCUT2D eigenvalue weighted by Gasteiger charge is -2.07. The lowest BCUT2D eigenvalue weighted by molar-refractivity contribution is 0.193. The van der Waals surface area contributed by atoms with Crippen LogP contribution in [-0.4, -0.2) is 6.21 Å². The smallest absolute Gasteiger partial charge is 0.118 e. The maximum Gasteiger partial charge on any atom is 0.118 e. The van der Waals surface area contributed by atoms with Crippen LogP contribution in [0.5, 0.6) is 0 Å². The fourth-order valence-corrected chi connectivity index (χ4v) is 1.38. The van der Waals surface area contributed by atoms with Crippen LogP contribution in [-0.2, 0) is 11.3 Å². The van der Waals surface area contributed by atoms with Crippen molar-refractivity contribution in [1.82, 2.24) is 0 Å². The summed E-state index contributed by atoms with van der Waals surface area (Å²) in [5, 5.41) is 0. The van der Waals surface area contributed by atoms with E-state index in [1.807, 2.05) is 36.4 Å². The summed E-state index contributed by atoms with van der Waals surface area (Å²) in [7, 11) is 0. The molecule has 3 nitrogen and oxygen atoms in total. The number of nitrogens with two attached hydrogens (primary N) is 1. The first-order valence-electron chi connectivity index (χ1n) is 5.19. The van der Waals surface area contributed by atoms with Crippen molar-refractivity contribution >= 4 is 6.21 Å². The SMILES string of the molecule is NC1=CCC(OCc2ccccc2)=CN=C1. The number of ether oxygens (including phenoxy) is 1. The van der Waals surface area contributed by atoms with Crippen LogP contribution < -0.4 is 5.73 Å². The third kappa shape index (κ3) is 2.98. The summed E-state index contributed by atoms with van der Waals surface area (Å²) in [6.45, 7) is 0.565. The van der Waals surface area contributed by atoms with E-state index in [1.165, 1.54) is 0 Å². The Balaban J connectivity index is 1.92. The van der Waals surface area contributed by atoms with Crippen LogP contribution in [0.3, 0.4) is 0 Å². The zero-order valence-electron chi connectivity index (χ0n) is 8.97. The van der Waals surface area contributed by atoms with Crippen molar-refractivity contribution in [1.29, 1.82) is 0 Å². The lowest BCUT2D eigenvalue weighted by atomic mass is 10.2. The quantitative estimate of drug-likeness (QED) is 0.839. The first kappa shape index (κ1) is 10.5. The minimum absolute atomic E-state index is 0.565. The van der Waals surface area contributed by atoms with Gasteiger partial charge in [0, 0.05) is 18.3 Å². The van der Waals surface area contributed by atoms with Crippen molar-refractivity contribution in [3.63, 3.8) is 0 Å². The van der Waals surface area contributed by atoms with Gasteiger partial charge in [0.15, 0.2) is 0 Å². The molecule has 0 aromatic heterocycles. The number of hydrogen-bond donors (Lipinski definition) is 1. The molecule has 0 atom stereocenters. The molecule has 0 spiro atoms. The molecule has 1 aromatic carbocycles. The molecule has 16 heavy (non-hydrogen) atoms. The Kier molecular flexibility index (Phi) is 3.38. The average molecular weight is 214 g/mol. The molecule has 0 aliphatic carbocycles. The molecule has 0 bridgehead atoms. The number of benzene rings is 1. The van der Waals surface area contributed by atoms with Crippen LogP contribution in [0.1, 0.15) is 12.0 Å². The van der Waals surface area contributed by atoms with E-state index in [2.05, 4.69) is 4.99 Å². The van der Waals surface area contributed by atoms with Crippen molar-refractivity contribution in [3.8, 4) is 0 Å². The van der Waals surface area contributed by atoms with Crippen LogP contribution in [0.2, 0.25) is 0 Å². The summed E-state index contributed by atoms with van der Waals surface area (Å²) in [6.07, 6.45) is 5.92. The van der Waals surface area contributed by atoms with Crippen LogP contribution in [0.4, 0.5) is 0 Å². The van der Waals surface area contributed by atoms with E-state index in [0.29, 0.717) is 18.7 Å². The summed E-state index contributed by atoms with van der Waals surface area (Å²) in [4.78, 5) is 4.04. The molecule has 0 fully saturated rings. The molecule has 0 saturated heterocycles. The average Bonchev–Trinajstić information content (AvgIpc) is 2.53. The van der Waals surface area contributed by atoms with E-state index in [9.17, 15) is 0 Å². The number of rotatable bonds is 3. The number of allylic oxidation sites excluding steroid dienone is 2. The maximum atomic E-state index is 5.64. The van der Waals surface area contributed by atoms with Crippen molar-refractivity contribution in [2.45, 2.75) is 13.0 Å². The molecule has 0 unspecified atom stereocenters. The van der Waals surface area contributed by atoms with E-state index >= 15 is 0 Å². The predicted octanol–water partition coefficient (Wildman–Crippen LogP) is 2.36. The van der Waals surface area contributed by atoms with Gasteiger partial charge in [0.1, 0.15) is 12.4 Å². The molecule has 82 valence electrons. The topological polar surface area (TPSA) is 47.6 Å². The van der Waals surface area contributed by atoms with E-state index in [-0.39, 0.29) is 0 Å². The van der Waals surface area contributed by atoms with E-state index < -0.39 is 0 Å². The third-order valence-corrected chi connectivity index (χ3v) is 2.25. The molecule has 1 aliphatic rings. The molecule has 1 heterocycles.